The number of aromatic nitrogens is 1. The molecule has 2 aromatic carbocycles. The summed E-state index contributed by atoms with van der Waals surface area (Å²) in [5.41, 5.74) is 1.61. The lowest BCUT2D eigenvalue weighted by molar-refractivity contribution is -0.121. The maximum Gasteiger partial charge on any atom is 0.263 e. The molecule has 176 valence electrons. The Balaban J connectivity index is 1.45. The number of halogens is 1. The molecule has 1 amide bonds. The summed E-state index contributed by atoms with van der Waals surface area (Å²) in [6, 6.07) is 10.1. The van der Waals surface area contributed by atoms with Gasteiger partial charge < -0.3 is 14.8 Å². The molecule has 0 aliphatic heterocycles. The van der Waals surface area contributed by atoms with E-state index in [4.69, 9.17) is 9.47 Å². The van der Waals surface area contributed by atoms with Gasteiger partial charge in [-0.2, -0.15) is 0 Å². The van der Waals surface area contributed by atoms with Gasteiger partial charge in [0.25, 0.3) is 10.0 Å². The molecular formula is C22H24FN3O5S2. The summed E-state index contributed by atoms with van der Waals surface area (Å²) < 4.78 is 50.6. The monoisotopic (exact) mass is 493 g/mol. The summed E-state index contributed by atoms with van der Waals surface area (Å²) >= 11 is 1.12. The highest BCUT2D eigenvalue weighted by Gasteiger charge is 2.16. The van der Waals surface area contributed by atoms with Crippen LogP contribution >= 0.6 is 11.3 Å². The van der Waals surface area contributed by atoms with Crippen LogP contribution in [-0.2, 0) is 27.7 Å². The van der Waals surface area contributed by atoms with Crippen molar-refractivity contribution in [2.24, 2.45) is 0 Å². The molecule has 0 saturated carbocycles. The quantitative estimate of drug-likeness (QED) is 0.424. The highest BCUT2D eigenvalue weighted by Crippen LogP contribution is 2.27. The summed E-state index contributed by atoms with van der Waals surface area (Å²) in [5, 5.41) is 4.74. The number of benzene rings is 2. The van der Waals surface area contributed by atoms with Crippen LogP contribution in [0.15, 0.2) is 52.7 Å². The number of nitrogens with zero attached hydrogens (tertiary/aromatic N) is 1. The average molecular weight is 494 g/mol. The predicted octanol–water partition coefficient (Wildman–Crippen LogP) is 3.39. The molecule has 0 aliphatic carbocycles. The third kappa shape index (κ3) is 6.90. The van der Waals surface area contributed by atoms with E-state index < -0.39 is 15.8 Å². The minimum Gasteiger partial charge on any atom is -0.493 e. The first-order valence-electron chi connectivity index (χ1n) is 10.0. The molecule has 0 spiro atoms. The molecule has 0 aliphatic rings. The topological polar surface area (TPSA) is 107 Å². The Hall–Kier alpha value is -3.18. The van der Waals surface area contributed by atoms with Gasteiger partial charge in [0.05, 0.1) is 24.8 Å². The normalized spacial score (nSPS) is 11.1. The molecule has 0 saturated heterocycles. The number of hydrogen-bond donors (Lipinski definition) is 2. The lowest BCUT2D eigenvalue weighted by Gasteiger charge is -2.10. The molecule has 0 fully saturated rings. The highest BCUT2D eigenvalue weighted by atomic mass is 32.2. The van der Waals surface area contributed by atoms with Crippen LogP contribution < -0.4 is 19.5 Å². The standard InChI is InChI=1S/C22H24FN3O5S2/c1-30-19-9-3-15(13-20(19)31-2)11-12-24-21(27)10-6-17-14-32-22(25-17)26-33(28,29)18-7-4-16(23)5-8-18/h3-5,7-9,13-14H,6,10-12H2,1-2H3,(H,24,27)(H,25,26). The van der Waals surface area contributed by atoms with Crippen LogP contribution in [0.3, 0.4) is 0 Å². The van der Waals surface area contributed by atoms with Crippen LogP contribution in [0, 0.1) is 5.82 Å². The van der Waals surface area contributed by atoms with Gasteiger partial charge in [-0.15, -0.1) is 11.3 Å². The molecule has 2 N–H and O–H groups in total. The summed E-state index contributed by atoms with van der Waals surface area (Å²) in [7, 11) is -0.717. The molecule has 0 bridgehead atoms. The minimum absolute atomic E-state index is 0.0606. The van der Waals surface area contributed by atoms with Crippen LogP contribution in [0.1, 0.15) is 17.7 Å². The summed E-state index contributed by atoms with van der Waals surface area (Å²) in [4.78, 5) is 16.3. The molecule has 1 aromatic heterocycles. The van der Waals surface area contributed by atoms with Crippen molar-refractivity contribution in [3.05, 3.63) is 64.9 Å². The zero-order valence-corrected chi connectivity index (χ0v) is 19.8. The number of amides is 1. The van der Waals surface area contributed by atoms with Crippen LogP contribution in [0.2, 0.25) is 0 Å². The lowest BCUT2D eigenvalue weighted by atomic mass is 10.1. The highest BCUT2D eigenvalue weighted by molar-refractivity contribution is 7.93. The van der Waals surface area contributed by atoms with Gasteiger partial charge in [0.2, 0.25) is 5.91 Å². The molecule has 0 unspecified atom stereocenters. The van der Waals surface area contributed by atoms with Gasteiger partial charge >= 0.3 is 0 Å². The van der Waals surface area contributed by atoms with E-state index in [1.165, 1.54) is 12.1 Å². The van der Waals surface area contributed by atoms with Crippen LogP contribution in [-0.4, -0.2) is 40.1 Å². The number of carbonyl (C=O) groups is 1. The van der Waals surface area contributed by atoms with Gasteiger partial charge in [-0.1, -0.05) is 6.07 Å². The fourth-order valence-electron chi connectivity index (χ4n) is 2.97. The first-order valence-corrected chi connectivity index (χ1v) is 12.4. The Labute approximate surface area is 195 Å². The zero-order valence-electron chi connectivity index (χ0n) is 18.1. The molecule has 3 aromatic rings. The summed E-state index contributed by atoms with van der Waals surface area (Å²) in [6.07, 6.45) is 1.23. The van der Waals surface area contributed by atoms with Crippen molar-refractivity contribution in [2.45, 2.75) is 24.2 Å². The van der Waals surface area contributed by atoms with Crippen LogP contribution in [0.5, 0.6) is 11.5 Å². The number of sulfonamides is 1. The maximum atomic E-state index is 13.0. The molecule has 11 heteroatoms. The lowest BCUT2D eigenvalue weighted by Crippen LogP contribution is -2.25. The molecule has 0 atom stereocenters. The van der Waals surface area contributed by atoms with Gasteiger partial charge in [0.15, 0.2) is 16.6 Å². The molecule has 33 heavy (non-hydrogen) atoms. The largest absolute Gasteiger partial charge is 0.493 e. The third-order valence-corrected chi connectivity index (χ3v) is 6.98. The molecule has 1 heterocycles. The number of methoxy groups -OCH3 is 2. The maximum absolute atomic E-state index is 13.0. The Morgan fingerprint density at radius 1 is 1.06 bits per heavy atom. The number of carbonyl (C=O) groups excluding carboxylic acids is 1. The molecule has 8 nitrogen and oxygen atoms in total. The number of hydrogen-bond acceptors (Lipinski definition) is 7. The average Bonchev–Trinajstić information content (AvgIpc) is 3.24. The van der Waals surface area contributed by atoms with E-state index in [2.05, 4.69) is 15.0 Å². The first-order chi connectivity index (χ1) is 15.8. The Morgan fingerprint density at radius 2 is 1.79 bits per heavy atom. The van der Waals surface area contributed by atoms with Crippen molar-refractivity contribution in [3.63, 3.8) is 0 Å². The van der Waals surface area contributed by atoms with Crippen molar-refractivity contribution in [1.82, 2.24) is 10.3 Å². The van der Waals surface area contributed by atoms with E-state index in [0.29, 0.717) is 36.6 Å². The molecular weight excluding hydrogens is 469 g/mol. The summed E-state index contributed by atoms with van der Waals surface area (Å²) in [6.45, 7) is 0.466. The Morgan fingerprint density at radius 3 is 2.48 bits per heavy atom. The number of ether oxygens (including phenoxy) is 2. The smallest absolute Gasteiger partial charge is 0.263 e. The van der Waals surface area contributed by atoms with E-state index in [1.807, 2.05) is 18.2 Å². The Kier molecular flexibility index (Phi) is 8.23. The van der Waals surface area contributed by atoms with E-state index in [0.717, 1.165) is 29.0 Å². The fraction of sp³-hybridized carbons (Fsp3) is 0.273. The van der Waals surface area contributed by atoms with E-state index in [9.17, 15) is 17.6 Å². The van der Waals surface area contributed by atoms with Crippen LogP contribution in [0.25, 0.3) is 0 Å². The molecule has 3 rings (SSSR count). The number of nitrogens with one attached hydrogen (secondary N) is 2. The predicted molar refractivity (Wildman–Crippen MR) is 124 cm³/mol. The first kappa shape index (κ1) is 24.5. The summed E-state index contributed by atoms with van der Waals surface area (Å²) in [5.74, 6) is 0.632. The van der Waals surface area contributed by atoms with Crippen molar-refractivity contribution < 1.29 is 27.1 Å². The van der Waals surface area contributed by atoms with Crippen molar-refractivity contribution >= 4 is 32.4 Å². The van der Waals surface area contributed by atoms with Gasteiger partial charge in [0, 0.05) is 18.3 Å². The zero-order chi connectivity index (χ0) is 23.8. The minimum atomic E-state index is -3.86. The van der Waals surface area contributed by atoms with Gasteiger partial charge in [-0.25, -0.2) is 17.8 Å². The van der Waals surface area contributed by atoms with Gasteiger partial charge in [-0.3, -0.25) is 9.52 Å². The van der Waals surface area contributed by atoms with Crippen molar-refractivity contribution in [2.75, 3.05) is 25.5 Å². The SMILES string of the molecule is COc1ccc(CCNC(=O)CCc2csc(NS(=O)(=O)c3ccc(F)cc3)n2)cc1OC. The fourth-order valence-corrected chi connectivity index (χ4v) is 4.97. The second kappa shape index (κ2) is 11.1. The number of rotatable bonds is 11. The second-order valence-electron chi connectivity index (χ2n) is 6.99. The van der Waals surface area contributed by atoms with Crippen LogP contribution in [0.4, 0.5) is 9.52 Å². The number of thiazole rings is 1. The number of aryl methyl sites for hydroxylation is 1. The van der Waals surface area contributed by atoms with Gasteiger partial charge in [-0.05, 0) is 54.8 Å². The van der Waals surface area contributed by atoms with E-state index in [-0.39, 0.29) is 22.4 Å². The van der Waals surface area contributed by atoms with Gasteiger partial charge in [0.1, 0.15) is 5.82 Å². The van der Waals surface area contributed by atoms with E-state index >= 15 is 0 Å². The number of anilines is 1. The van der Waals surface area contributed by atoms with Crippen molar-refractivity contribution in [3.8, 4) is 11.5 Å². The second-order valence-corrected chi connectivity index (χ2v) is 9.53. The third-order valence-electron chi connectivity index (χ3n) is 4.69. The van der Waals surface area contributed by atoms with Crippen molar-refractivity contribution in [1.29, 1.82) is 0 Å². The Bertz CT molecular complexity index is 1200. The molecule has 0 radical (unpaired) electrons. The van der Waals surface area contributed by atoms with E-state index in [1.54, 1.807) is 19.6 Å².